The van der Waals surface area contributed by atoms with E-state index >= 15 is 0 Å². The van der Waals surface area contributed by atoms with E-state index in [1.54, 1.807) is 0 Å². The first-order valence-electron chi connectivity index (χ1n) is 7.25. The highest BCUT2D eigenvalue weighted by atomic mass is 79.9. The fraction of sp³-hybridized carbons (Fsp3) is 0.500. The van der Waals surface area contributed by atoms with Gasteiger partial charge in [0.2, 0.25) is 0 Å². The van der Waals surface area contributed by atoms with Gasteiger partial charge in [0, 0.05) is 10.4 Å². The first-order chi connectivity index (χ1) is 9.97. The number of halogens is 1. The standard InChI is InChI=1S/C16H18BrNO3/c17-11-3-1-8(2-4-11)14(18)15(19)12-6-9-5-10(9)7-13(12)16(20)21/h1-4,9-10,12-14H,5-7,18H2,(H,20,21). The minimum absolute atomic E-state index is 0.130. The van der Waals surface area contributed by atoms with E-state index in [-0.39, 0.29) is 5.78 Å². The summed E-state index contributed by atoms with van der Waals surface area (Å²) in [4.78, 5) is 24.1. The Kier molecular flexibility index (Phi) is 3.88. The first kappa shape index (κ1) is 14.7. The lowest BCUT2D eigenvalue weighted by atomic mass is 9.74. The second-order valence-electron chi connectivity index (χ2n) is 6.21. The van der Waals surface area contributed by atoms with Crippen molar-refractivity contribution in [3.05, 3.63) is 34.3 Å². The van der Waals surface area contributed by atoms with E-state index in [2.05, 4.69) is 15.9 Å². The summed E-state index contributed by atoms with van der Waals surface area (Å²) in [5.74, 6) is -0.949. The molecule has 2 saturated carbocycles. The van der Waals surface area contributed by atoms with Crippen molar-refractivity contribution < 1.29 is 14.7 Å². The number of nitrogens with two attached hydrogens (primary N) is 1. The molecule has 0 bridgehead atoms. The number of aliphatic carboxylic acids is 1. The van der Waals surface area contributed by atoms with Gasteiger partial charge in [0.25, 0.3) is 0 Å². The molecule has 0 saturated heterocycles. The van der Waals surface area contributed by atoms with Gasteiger partial charge in [-0.25, -0.2) is 0 Å². The molecule has 0 radical (unpaired) electrons. The van der Waals surface area contributed by atoms with Gasteiger partial charge >= 0.3 is 5.97 Å². The van der Waals surface area contributed by atoms with E-state index in [0.717, 1.165) is 16.5 Å². The normalized spacial score (nSPS) is 32.1. The van der Waals surface area contributed by atoms with Crippen LogP contribution in [0.4, 0.5) is 0 Å². The van der Waals surface area contributed by atoms with Crippen LogP contribution in [0, 0.1) is 23.7 Å². The second kappa shape index (κ2) is 5.54. The number of benzene rings is 1. The van der Waals surface area contributed by atoms with Gasteiger partial charge < -0.3 is 10.8 Å². The van der Waals surface area contributed by atoms with Gasteiger partial charge in [0.05, 0.1) is 12.0 Å². The summed E-state index contributed by atoms with van der Waals surface area (Å²) >= 11 is 3.35. The molecule has 0 spiro atoms. The van der Waals surface area contributed by atoms with Gasteiger partial charge in [0.15, 0.2) is 5.78 Å². The number of hydrogen-bond donors (Lipinski definition) is 2. The van der Waals surface area contributed by atoms with Gasteiger partial charge in [-0.1, -0.05) is 28.1 Å². The molecule has 3 N–H and O–H groups in total. The lowest BCUT2D eigenvalue weighted by Crippen LogP contribution is -2.38. The Morgan fingerprint density at radius 1 is 1.10 bits per heavy atom. The predicted molar refractivity (Wildman–Crippen MR) is 81.5 cm³/mol. The van der Waals surface area contributed by atoms with Crippen molar-refractivity contribution in [3.8, 4) is 0 Å². The molecule has 1 aromatic carbocycles. The van der Waals surface area contributed by atoms with Crippen molar-refractivity contribution >= 4 is 27.7 Å². The summed E-state index contributed by atoms with van der Waals surface area (Å²) in [6.07, 6.45) is 2.38. The molecule has 112 valence electrons. The summed E-state index contributed by atoms with van der Waals surface area (Å²) in [5.41, 5.74) is 6.82. The van der Waals surface area contributed by atoms with Crippen LogP contribution in [-0.2, 0) is 9.59 Å². The molecule has 4 nitrogen and oxygen atoms in total. The highest BCUT2D eigenvalue weighted by molar-refractivity contribution is 9.10. The Balaban J connectivity index is 1.79. The Labute approximate surface area is 131 Å². The van der Waals surface area contributed by atoms with Crippen LogP contribution in [0.3, 0.4) is 0 Å². The molecule has 21 heavy (non-hydrogen) atoms. The largest absolute Gasteiger partial charge is 0.481 e. The van der Waals surface area contributed by atoms with Gasteiger partial charge in [-0.15, -0.1) is 0 Å². The van der Waals surface area contributed by atoms with Crippen LogP contribution in [-0.4, -0.2) is 16.9 Å². The zero-order valence-electron chi connectivity index (χ0n) is 11.5. The third-order valence-electron chi connectivity index (χ3n) is 4.89. The third-order valence-corrected chi connectivity index (χ3v) is 5.42. The molecule has 5 heteroatoms. The number of carboxylic acid groups (broad SMARTS) is 1. The quantitative estimate of drug-likeness (QED) is 0.873. The van der Waals surface area contributed by atoms with E-state index in [9.17, 15) is 14.7 Å². The molecule has 2 aliphatic rings. The highest BCUT2D eigenvalue weighted by Gasteiger charge is 2.51. The highest BCUT2D eigenvalue weighted by Crippen LogP contribution is 2.54. The van der Waals surface area contributed by atoms with Crippen LogP contribution in [0.1, 0.15) is 30.9 Å². The number of fused-ring (bicyclic) bond motifs is 1. The number of Topliss-reactive ketones (excluding diaryl/α,β-unsaturated/α-hetero) is 1. The Hall–Kier alpha value is -1.20. The summed E-state index contributed by atoms with van der Waals surface area (Å²) in [6.45, 7) is 0. The van der Waals surface area contributed by atoms with E-state index in [4.69, 9.17) is 5.73 Å². The van der Waals surface area contributed by atoms with Crippen LogP contribution >= 0.6 is 15.9 Å². The fourth-order valence-corrected chi connectivity index (χ4v) is 3.79. The molecular formula is C16H18BrNO3. The van der Waals surface area contributed by atoms with E-state index in [0.29, 0.717) is 24.7 Å². The average Bonchev–Trinajstić information content (AvgIpc) is 3.23. The number of carbonyl (C=O) groups is 2. The van der Waals surface area contributed by atoms with Gasteiger partial charge in [0.1, 0.15) is 0 Å². The Morgan fingerprint density at radius 3 is 2.24 bits per heavy atom. The maximum absolute atomic E-state index is 12.7. The summed E-state index contributed by atoms with van der Waals surface area (Å²) in [7, 11) is 0. The number of carboxylic acids is 1. The topological polar surface area (TPSA) is 80.4 Å². The Bertz CT molecular complexity index is 571. The van der Waals surface area contributed by atoms with Crippen molar-refractivity contribution in [2.45, 2.75) is 25.3 Å². The van der Waals surface area contributed by atoms with E-state index in [1.807, 2.05) is 24.3 Å². The molecule has 5 unspecified atom stereocenters. The fourth-order valence-electron chi connectivity index (χ4n) is 3.52. The van der Waals surface area contributed by atoms with Gasteiger partial charge in [-0.3, -0.25) is 9.59 Å². The summed E-state index contributed by atoms with van der Waals surface area (Å²) in [5, 5.41) is 9.38. The Morgan fingerprint density at radius 2 is 1.67 bits per heavy atom. The molecule has 3 rings (SSSR count). The van der Waals surface area contributed by atoms with Gasteiger partial charge in [-0.2, -0.15) is 0 Å². The van der Waals surface area contributed by atoms with Crippen molar-refractivity contribution in [2.24, 2.45) is 29.4 Å². The number of ketones is 1. The maximum Gasteiger partial charge on any atom is 0.307 e. The van der Waals surface area contributed by atoms with Crippen LogP contribution in [0.15, 0.2) is 28.7 Å². The van der Waals surface area contributed by atoms with Crippen LogP contribution in [0.25, 0.3) is 0 Å². The van der Waals surface area contributed by atoms with Crippen LogP contribution in [0.2, 0.25) is 0 Å². The number of carbonyl (C=O) groups excluding carboxylic acids is 1. The maximum atomic E-state index is 12.7. The molecule has 2 fully saturated rings. The molecule has 2 aliphatic carbocycles. The summed E-state index contributed by atoms with van der Waals surface area (Å²) < 4.78 is 0.924. The molecule has 5 atom stereocenters. The average molecular weight is 352 g/mol. The molecule has 0 aromatic heterocycles. The SMILES string of the molecule is NC(C(=O)C1CC2CC2CC1C(=O)O)c1ccc(Br)cc1. The van der Waals surface area contributed by atoms with Crippen molar-refractivity contribution in [1.82, 2.24) is 0 Å². The molecule has 0 aliphatic heterocycles. The van der Waals surface area contributed by atoms with Crippen molar-refractivity contribution in [1.29, 1.82) is 0 Å². The van der Waals surface area contributed by atoms with Crippen LogP contribution < -0.4 is 5.73 Å². The smallest absolute Gasteiger partial charge is 0.307 e. The third kappa shape index (κ3) is 2.90. The minimum Gasteiger partial charge on any atom is -0.481 e. The summed E-state index contributed by atoms with van der Waals surface area (Å²) in [6, 6.07) is 6.57. The second-order valence-corrected chi connectivity index (χ2v) is 7.13. The van der Waals surface area contributed by atoms with Crippen molar-refractivity contribution in [3.63, 3.8) is 0 Å². The number of rotatable bonds is 4. The number of hydrogen-bond acceptors (Lipinski definition) is 3. The monoisotopic (exact) mass is 351 g/mol. The zero-order valence-corrected chi connectivity index (χ0v) is 13.1. The lowest BCUT2D eigenvalue weighted by Gasteiger charge is -2.29. The molecule has 1 aromatic rings. The minimum atomic E-state index is -0.860. The molecular weight excluding hydrogens is 334 g/mol. The predicted octanol–water partition coefficient (Wildman–Crippen LogP) is 2.76. The first-order valence-corrected chi connectivity index (χ1v) is 8.04. The zero-order chi connectivity index (χ0) is 15.1. The van der Waals surface area contributed by atoms with E-state index in [1.165, 1.54) is 0 Å². The van der Waals surface area contributed by atoms with Crippen molar-refractivity contribution in [2.75, 3.05) is 0 Å². The lowest BCUT2D eigenvalue weighted by molar-refractivity contribution is -0.148. The molecule has 0 amide bonds. The van der Waals surface area contributed by atoms with E-state index < -0.39 is 23.8 Å². The molecule has 0 heterocycles. The van der Waals surface area contributed by atoms with Gasteiger partial charge in [-0.05, 0) is 48.8 Å². The van der Waals surface area contributed by atoms with Crippen LogP contribution in [0.5, 0.6) is 0 Å².